The van der Waals surface area contributed by atoms with Crippen LogP contribution in [0, 0.1) is 5.92 Å². The molecule has 0 saturated carbocycles. The van der Waals surface area contributed by atoms with Crippen LogP contribution in [0.5, 0.6) is 0 Å². The van der Waals surface area contributed by atoms with Crippen molar-refractivity contribution in [1.82, 2.24) is 15.2 Å². The number of hydrogen-bond donors (Lipinski definition) is 1. The van der Waals surface area contributed by atoms with E-state index in [1.54, 1.807) is 25.3 Å². The van der Waals surface area contributed by atoms with E-state index >= 15 is 0 Å². The summed E-state index contributed by atoms with van der Waals surface area (Å²) >= 11 is 0. The summed E-state index contributed by atoms with van der Waals surface area (Å²) in [4.78, 5) is 60.3. The molecule has 2 aliphatic rings. The average molecular weight is 441 g/mol. The van der Waals surface area contributed by atoms with Gasteiger partial charge in [-0.2, -0.15) is 0 Å². The molecule has 0 unspecified atom stereocenters. The lowest BCUT2D eigenvalue weighted by Crippen LogP contribution is -2.50. The number of likely N-dealkylation sites (tertiary alicyclic amines) is 1. The summed E-state index contributed by atoms with van der Waals surface area (Å²) in [6.07, 6.45) is 8.91. The fourth-order valence-electron chi connectivity index (χ4n) is 4.04. The van der Waals surface area contributed by atoms with E-state index in [-0.39, 0.29) is 24.0 Å². The number of carbonyl (C=O) groups excluding carboxylic acids is 4. The van der Waals surface area contributed by atoms with Crippen molar-refractivity contribution in [2.24, 2.45) is 10.9 Å². The van der Waals surface area contributed by atoms with Crippen molar-refractivity contribution < 1.29 is 23.9 Å². The van der Waals surface area contributed by atoms with E-state index < -0.39 is 24.0 Å². The topological polar surface area (TPSA) is 118 Å². The van der Waals surface area contributed by atoms with Crippen molar-refractivity contribution in [2.45, 2.75) is 51.1 Å². The predicted molar refractivity (Wildman–Crippen MR) is 117 cm³/mol. The van der Waals surface area contributed by atoms with Gasteiger partial charge in [-0.15, -0.1) is 0 Å². The minimum atomic E-state index is -0.793. The molecule has 9 heteroatoms. The van der Waals surface area contributed by atoms with Gasteiger partial charge >= 0.3 is 5.97 Å². The van der Waals surface area contributed by atoms with E-state index in [1.165, 1.54) is 24.4 Å². The Labute approximate surface area is 186 Å². The fourth-order valence-corrected chi connectivity index (χ4v) is 4.04. The molecule has 3 rings (SSSR count). The smallest absolute Gasteiger partial charge is 0.309 e. The van der Waals surface area contributed by atoms with E-state index in [0.717, 1.165) is 5.70 Å². The molecule has 0 spiro atoms. The SMILES string of the molecule is COC(=O)[C@@H](CC(=O)[C@@H]1CCCN1C(=O)[C@@H](C)NC(=O)c1ccncc1)CC1=CCC=N1. The molecule has 3 heterocycles. The number of pyridine rings is 1. The highest BCUT2D eigenvalue weighted by atomic mass is 16.5. The highest BCUT2D eigenvalue weighted by Gasteiger charge is 2.38. The number of nitrogens with zero attached hydrogens (tertiary/aromatic N) is 3. The van der Waals surface area contributed by atoms with Gasteiger partial charge in [-0.25, -0.2) is 0 Å². The maximum atomic E-state index is 13.1. The first-order valence-corrected chi connectivity index (χ1v) is 10.7. The molecule has 2 amide bonds. The quantitative estimate of drug-likeness (QED) is 0.584. The molecule has 0 aliphatic carbocycles. The molecule has 0 aromatic carbocycles. The summed E-state index contributed by atoms with van der Waals surface area (Å²) in [6.45, 7) is 2.03. The van der Waals surface area contributed by atoms with Gasteiger partial charge in [0.25, 0.3) is 5.91 Å². The van der Waals surface area contributed by atoms with Crippen molar-refractivity contribution in [3.63, 3.8) is 0 Å². The summed E-state index contributed by atoms with van der Waals surface area (Å²) < 4.78 is 4.88. The van der Waals surface area contributed by atoms with Gasteiger partial charge in [0.1, 0.15) is 6.04 Å². The lowest BCUT2D eigenvalue weighted by Gasteiger charge is -2.28. The number of ketones is 1. The zero-order valence-corrected chi connectivity index (χ0v) is 18.3. The third-order valence-corrected chi connectivity index (χ3v) is 5.72. The van der Waals surface area contributed by atoms with Crippen LogP contribution in [0.4, 0.5) is 0 Å². The van der Waals surface area contributed by atoms with Crippen LogP contribution in [-0.2, 0) is 19.1 Å². The van der Waals surface area contributed by atoms with Crippen LogP contribution in [-0.4, -0.2) is 65.4 Å². The zero-order chi connectivity index (χ0) is 23.1. The molecule has 2 aliphatic heterocycles. The molecule has 0 radical (unpaired) electrons. The standard InChI is InChI=1S/C23H28N4O5/c1-15(26-21(29)16-7-10-24-11-8-16)22(30)27-12-4-6-19(27)20(28)14-17(23(31)32-2)13-18-5-3-9-25-18/h5,7-11,15,17,19H,3-4,6,12-14H2,1-2H3,(H,26,29)/t15-,17-,19+/m1/s1. The monoisotopic (exact) mass is 440 g/mol. The van der Waals surface area contributed by atoms with Crippen LogP contribution in [0.1, 0.15) is 49.4 Å². The molecule has 9 nitrogen and oxygen atoms in total. The Morgan fingerprint density at radius 2 is 2.00 bits per heavy atom. The molecule has 0 bridgehead atoms. The van der Waals surface area contributed by atoms with E-state index in [4.69, 9.17) is 4.74 Å². The number of rotatable bonds is 9. The van der Waals surface area contributed by atoms with E-state index in [1.807, 2.05) is 6.08 Å². The van der Waals surface area contributed by atoms with Gasteiger partial charge in [-0.1, -0.05) is 6.08 Å². The second kappa shape index (κ2) is 10.8. The largest absolute Gasteiger partial charge is 0.469 e. The molecular formula is C23H28N4O5. The number of nitrogens with one attached hydrogen (secondary N) is 1. The Kier molecular flexibility index (Phi) is 7.86. The lowest BCUT2D eigenvalue weighted by atomic mass is 9.93. The minimum absolute atomic E-state index is 0.0221. The normalized spacial score (nSPS) is 19.2. The maximum absolute atomic E-state index is 13.1. The summed E-state index contributed by atoms with van der Waals surface area (Å²) in [5.41, 5.74) is 1.17. The van der Waals surface area contributed by atoms with Crippen LogP contribution in [0.15, 0.2) is 41.3 Å². The summed E-state index contributed by atoms with van der Waals surface area (Å²) in [6, 6.07) is 1.71. The molecule has 32 heavy (non-hydrogen) atoms. The minimum Gasteiger partial charge on any atom is -0.469 e. The summed E-state index contributed by atoms with van der Waals surface area (Å²) in [7, 11) is 1.30. The molecule has 3 atom stereocenters. The molecule has 170 valence electrons. The Morgan fingerprint density at radius 3 is 2.66 bits per heavy atom. The van der Waals surface area contributed by atoms with Crippen LogP contribution in [0.2, 0.25) is 0 Å². The molecule has 1 N–H and O–H groups in total. The van der Waals surface area contributed by atoms with Gasteiger partial charge in [-0.3, -0.25) is 29.2 Å². The molecule has 1 aromatic rings. The van der Waals surface area contributed by atoms with Gasteiger partial charge in [0.2, 0.25) is 5.91 Å². The Balaban J connectivity index is 1.63. The van der Waals surface area contributed by atoms with Gasteiger partial charge in [0.15, 0.2) is 5.78 Å². The van der Waals surface area contributed by atoms with Crippen LogP contribution in [0.3, 0.4) is 0 Å². The molecule has 1 aromatic heterocycles. The van der Waals surface area contributed by atoms with Crippen molar-refractivity contribution in [3.8, 4) is 0 Å². The maximum Gasteiger partial charge on any atom is 0.309 e. The average Bonchev–Trinajstić information content (AvgIpc) is 3.50. The number of allylic oxidation sites excluding steroid dienone is 2. The first-order valence-electron chi connectivity index (χ1n) is 10.7. The second-order valence-electron chi connectivity index (χ2n) is 7.96. The Morgan fingerprint density at radius 1 is 1.25 bits per heavy atom. The number of ether oxygens (including phenoxy) is 1. The van der Waals surface area contributed by atoms with Crippen molar-refractivity contribution in [1.29, 1.82) is 0 Å². The van der Waals surface area contributed by atoms with Crippen LogP contribution >= 0.6 is 0 Å². The number of aromatic nitrogens is 1. The number of esters is 1. The summed E-state index contributed by atoms with van der Waals surface area (Å²) in [5.74, 6) is -1.99. The first kappa shape index (κ1) is 23.3. The molecule has 1 saturated heterocycles. The van der Waals surface area contributed by atoms with Gasteiger partial charge in [-0.05, 0) is 31.9 Å². The highest BCUT2D eigenvalue weighted by Crippen LogP contribution is 2.26. The van der Waals surface area contributed by atoms with Crippen LogP contribution < -0.4 is 5.32 Å². The number of carbonyl (C=O) groups is 4. The Bertz CT molecular complexity index is 928. The van der Waals surface area contributed by atoms with E-state index in [2.05, 4.69) is 15.3 Å². The zero-order valence-electron chi connectivity index (χ0n) is 18.3. The lowest BCUT2D eigenvalue weighted by molar-refractivity contribution is -0.148. The van der Waals surface area contributed by atoms with Crippen molar-refractivity contribution in [2.75, 3.05) is 13.7 Å². The first-order chi connectivity index (χ1) is 15.4. The third kappa shape index (κ3) is 5.66. The number of aliphatic imine (C=N–C) groups is 1. The number of amides is 2. The van der Waals surface area contributed by atoms with Crippen LogP contribution in [0.25, 0.3) is 0 Å². The van der Waals surface area contributed by atoms with Gasteiger partial charge in [0, 0.05) is 55.7 Å². The molecular weight excluding hydrogens is 412 g/mol. The number of hydrogen-bond acceptors (Lipinski definition) is 7. The number of Topliss-reactive ketones (excluding diaryl/α,β-unsaturated/α-hetero) is 1. The molecule has 1 fully saturated rings. The van der Waals surface area contributed by atoms with E-state index in [0.29, 0.717) is 37.8 Å². The number of methoxy groups -OCH3 is 1. The highest BCUT2D eigenvalue weighted by molar-refractivity contribution is 5.98. The summed E-state index contributed by atoms with van der Waals surface area (Å²) in [5, 5.41) is 2.68. The van der Waals surface area contributed by atoms with Crippen molar-refractivity contribution in [3.05, 3.63) is 41.9 Å². The predicted octanol–water partition coefficient (Wildman–Crippen LogP) is 1.69. The van der Waals surface area contributed by atoms with E-state index in [9.17, 15) is 19.2 Å². The van der Waals surface area contributed by atoms with Gasteiger partial charge < -0.3 is 15.0 Å². The second-order valence-corrected chi connectivity index (χ2v) is 7.96. The third-order valence-electron chi connectivity index (χ3n) is 5.72. The van der Waals surface area contributed by atoms with Gasteiger partial charge in [0.05, 0.1) is 19.1 Å². The Hall–Kier alpha value is -3.36. The fraction of sp³-hybridized carbons (Fsp3) is 0.478. The van der Waals surface area contributed by atoms with Crippen molar-refractivity contribution >= 4 is 29.8 Å².